The predicted octanol–water partition coefficient (Wildman–Crippen LogP) is 1.29. The highest BCUT2D eigenvalue weighted by atomic mass is 32.2. The smallest absolute Gasteiger partial charge is 0.211 e. The van der Waals surface area contributed by atoms with Crippen molar-refractivity contribution in [2.45, 2.75) is 33.1 Å². The van der Waals surface area contributed by atoms with Crippen LogP contribution >= 0.6 is 12.2 Å². The molecule has 0 radical (unpaired) electrons. The lowest BCUT2D eigenvalue weighted by atomic mass is 9.98. The van der Waals surface area contributed by atoms with Crippen molar-refractivity contribution in [2.24, 2.45) is 17.6 Å². The molecule has 0 aliphatic carbocycles. The normalized spacial score (nSPS) is 21.1. The van der Waals surface area contributed by atoms with Gasteiger partial charge in [0, 0.05) is 39.1 Å². The first-order valence-corrected chi connectivity index (χ1v) is 9.90. The van der Waals surface area contributed by atoms with Gasteiger partial charge in [0.1, 0.15) is 0 Å². The third-order valence-electron chi connectivity index (χ3n) is 3.76. The Morgan fingerprint density at radius 2 is 2.14 bits per heavy atom. The number of hydrogen-bond acceptors (Lipinski definition) is 4. The van der Waals surface area contributed by atoms with Gasteiger partial charge in [-0.05, 0) is 24.7 Å². The van der Waals surface area contributed by atoms with Crippen LogP contribution in [0, 0.1) is 11.8 Å². The van der Waals surface area contributed by atoms with E-state index in [0.29, 0.717) is 29.9 Å². The van der Waals surface area contributed by atoms with Gasteiger partial charge in [-0.15, -0.1) is 0 Å². The molecule has 5 nitrogen and oxygen atoms in total. The Balaban J connectivity index is 2.58. The second kappa shape index (κ2) is 8.41. The van der Waals surface area contributed by atoms with Crippen LogP contribution in [0.2, 0.25) is 0 Å². The summed E-state index contributed by atoms with van der Waals surface area (Å²) in [6.07, 6.45) is 4.06. The molecule has 1 unspecified atom stereocenters. The van der Waals surface area contributed by atoms with Crippen molar-refractivity contribution in [2.75, 3.05) is 39.0 Å². The quantitative estimate of drug-likeness (QED) is 0.677. The molecule has 0 aromatic heterocycles. The minimum absolute atomic E-state index is 0.401. The third-order valence-corrected chi connectivity index (χ3v) is 5.24. The zero-order valence-electron chi connectivity index (χ0n) is 13.4. The molecule has 0 aromatic carbocycles. The molecule has 1 heterocycles. The van der Waals surface area contributed by atoms with Crippen molar-refractivity contribution >= 4 is 27.2 Å². The average molecular weight is 336 g/mol. The van der Waals surface area contributed by atoms with E-state index >= 15 is 0 Å². The molecular weight excluding hydrogens is 306 g/mol. The summed E-state index contributed by atoms with van der Waals surface area (Å²) < 4.78 is 25.0. The summed E-state index contributed by atoms with van der Waals surface area (Å²) in [6.45, 7) is 8.47. The number of piperidine rings is 1. The van der Waals surface area contributed by atoms with Gasteiger partial charge in [0.15, 0.2) is 0 Å². The van der Waals surface area contributed by atoms with Gasteiger partial charge in [-0.25, -0.2) is 12.7 Å². The van der Waals surface area contributed by atoms with E-state index in [1.165, 1.54) is 6.26 Å². The molecule has 1 atom stereocenters. The van der Waals surface area contributed by atoms with E-state index in [9.17, 15) is 8.42 Å². The van der Waals surface area contributed by atoms with Gasteiger partial charge in [0.05, 0.1) is 11.2 Å². The molecule has 0 saturated carbocycles. The van der Waals surface area contributed by atoms with Crippen LogP contribution in [0.1, 0.15) is 33.1 Å². The Labute approximate surface area is 134 Å². The Bertz CT molecular complexity index is 438. The van der Waals surface area contributed by atoms with Gasteiger partial charge in [-0.2, -0.15) is 0 Å². The molecule has 21 heavy (non-hydrogen) atoms. The molecule has 124 valence electrons. The predicted molar refractivity (Wildman–Crippen MR) is 91.8 cm³/mol. The molecule has 1 fully saturated rings. The molecule has 1 saturated heterocycles. The van der Waals surface area contributed by atoms with Gasteiger partial charge in [-0.3, -0.25) is 0 Å². The highest BCUT2D eigenvalue weighted by Gasteiger charge is 2.27. The Hall–Kier alpha value is -0.240. The van der Waals surface area contributed by atoms with Crippen molar-refractivity contribution in [1.29, 1.82) is 0 Å². The molecule has 0 bridgehead atoms. The molecule has 0 spiro atoms. The van der Waals surface area contributed by atoms with Crippen LogP contribution in [0.25, 0.3) is 0 Å². The summed E-state index contributed by atoms with van der Waals surface area (Å²) >= 11 is 4.96. The molecule has 1 rings (SSSR count). The molecular formula is C14H29N3O2S2. The van der Waals surface area contributed by atoms with Crippen molar-refractivity contribution in [3.05, 3.63) is 0 Å². The van der Waals surface area contributed by atoms with Crippen LogP contribution in [-0.4, -0.2) is 61.6 Å². The van der Waals surface area contributed by atoms with Crippen LogP contribution in [0.4, 0.5) is 0 Å². The van der Waals surface area contributed by atoms with E-state index in [2.05, 4.69) is 18.7 Å². The topological polar surface area (TPSA) is 66.6 Å². The number of hydrogen-bond donors (Lipinski definition) is 1. The highest BCUT2D eigenvalue weighted by Crippen LogP contribution is 2.20. The van der Waals surface area contributed by atoms with Crippen LogP contribution in [0.15, 0.2) is 0 Å². The van der Waals surface area contributed by atoms with Crippen molar-refractivity contribution in [1.82, 2.24) is 9.21 Å². The zero-order valence-corrected chi connectivity index (χ0v) is 15.0. The number of rotatable bonds is 8. The first-order chi connectivity index (χ1) is 9.68. The summed E-state index contributed by atoms with van der Waals surface area (Å²) in [5, 5.41) is 0. The molecule has 1 aliphatic rings. The summed E-state index contributed by atoms with van der Waals surface area (Å²) in [5.74, 6) is 0.976. The molecule has 0 amide bonds. The summed E-state index contributed by atoms with van der Waals surface area (Å²) in [6, 6.07) is 0. The van der Waals surface area contributed by atoms with Crippen LogP contribution in [-0.2, 0) is 10.0 Å². The maximum atomic E-state index is 11.7. The van der Waals surface area contributed by atoms with Crippen molar-refractivity contribution in [3.8, 4) is 0 Å². The first-order valence-electron chi connectivity index (χ1n) is 7.64. The Morgan fingerprint density at radius 1 is 1.48 bits per heavy atom. The van der Waals surface area contributed by atoms with Gasteiger partial charge in [-0.1, -0.05) is 26.1 Å². The molecule has 7 heteroatoms. The van der Waals surface area contributed by atoms with Gasteiger partial charge < -0.3 is 10.6 Å². The zero-order chi connectivity index (χ0) is 16.0. The van der Waals surface area contributed by atoms with Gasteiger partial charge in [0.25, 0.3) is 0 Å². The number of sulfonamides is 1. The largest absolute Gasteiger partial charge is 0.393 e. The van der Waals surface area contributed by atoms with Crippen LogP contribution < -0.4 is 5.73 Å². The summed E-state index contributed by atoms with van der Waals surface area (Å²) in [5.41, 5.74) is 5.60. The SMILES string of the molecule is CC(C)CN(CCC(N)=S)CC1CCCN(S(C)(=O)=O)C1. The van der Waals surface area contributed by atoms with Crippen LogP contribution in [0.3, 0.4) is 0 Å². The molecule has 1 aliphatic heterocycles. The second-order valence-corrected chi connectivity index (χ2v) is 9.01. The first kappa shape index (κ1) is 18.8. The molecule has 0 aromatic rings. The lowest BCUT2D eigenvalue weighted by molar-refractivity contribution is 0.169. The van der Waals surface area contributed by atoms with E-state index < -0.39 is 10.0 Å². The average Bonchev–Trinajstić information content (AvgIpc) is 2.34. The van der Waals surface area contributed by atoms with E-state index in [1.54, 1.807) is 4.31 Å². The van der Waals surface area contributed by atoms with Crippen molar-refractivity contribution in [3.63, 3.8) is 0 Å². The van der Waals surface area contributed by atoms with E-state index in [1.807, 2.05) is 0 Å². The maximum Gasteiger partial charge on any atom is 0.211 e. The second-order valence-electron chi connectivity index (χ2n) is 6.50. The standard InChI is InChI=1S/C14H29N3O2S2/c1-12(2)9-16(8-6-14(15)20)10-13-5-4-7-17(11-13)21(3,18)19/h12-13H,4-11H2,1-3H3,(H2,15,20). The number of nitrogens with zero attached hydrogens (tertiary/aromatic N) is 2. The minimum Gasteiger partial charge on any atom is -0.393 e. The lowest BCUT2D eigenvalue weighted by Gasteiger charge is -2.35. The van der Waals surface area contributed by atoms with Crippen LogP contribution in [0.5, 0.6) is 0 Å². The van der Waals surface area contributed by atoms with Crippen molar-refractivity contribution < 1.29 is 8.42 Å². The minimum atomic E-state index is -3.07. The van der Waals surface area contributed by atoms with E-state index in [4.69, 9.17) is 18.0 Å². The molecule has 2 N–H and O–H groups in total. The monoisotopic (exact) mass is 335 g/mol. The third kappa shape index (κ3) is 7.54. The number of thiocarbonyl (C=S) groups is 1. The number of nitrogens with two attached hydrogens (primary N) is 1. The van der Waals surface area contributed by atoms with E-state index in [-0.39, 0.29) is 0 Å². The van der Waals surface area contributed by atoms with Gasteiger partial charge >= 0.3 is 0 Å². The fraction of sp³-hybridized carbons (Fsp3) is 0.929. The highest BCUT2D eigenvalue weighted by molar-refractivity contribution is 7.88. The lowest BCUT2D eigenvalue weighted by Crippen LogP contribution is -2.44. The van der Waals surface area contributed by atoms with E-state index in [0.717, 1.165) is 38.9 Å². The Kier molecular flexibility index (Phi) is 7.53. The fourth-order valence-electron chi connectivity index (χ4n) is 2.88. The van der Waals surface area contributed by atoms with Gasteiger partial charge in [0.2, 0.25) is 10.0 Å². The summed E-state index contributed by atoms with van der Waals surface area (Å²) in [7, 11) is -3.07. The Morgan fingerprint density at radius 3 is 2.67 bits per heavy atom. The maximum absolute atomic E-state index is 11.7. The fourth-order valence-corrected chi connectivity index (χ4v) is 3.92. The summed E-state index contributed by atoms with van der Waals surface area (Å²) in [4.78, 5) is 2.92.